The third-order valence-electron chi connectivity index (χ3n) is 0.764. The minimum atomic E-state index is 1.27. The molecular formula is C6H3I2. The van der Waals surface area contributed by atoms with Crippen LogP contribution in [0.1, 0.15) is 0 Å². The zero-order valence-electron chi connectivity index (χ0n) is 3.99. The van der Waals surface area contributed by atoms with Gasteiger partial charge in [0.25, 0.3) is 0 Å². The van der Waals surface area contributed by atoms with Crippen LogP contribution < -0.4 is 0 Å². The third kappa shape index (κ3) is 1.58. The smallest absolute Gasteiger partial charge is 0.0270 e. The Kier molecular flexibility index (Phi) is 2.55. The highest BCUT2D eigenvalue weighted by Crippen LogP contribution is 2.12. The fourth-order valence-corrected chi connectivity index (χ4v) is 1.09. The molecule has 0 atom stereocenters. The van der Waals surface area contributed by atoms with Crippen LogP contribution in [-0.2, 0) is 0 Å². The molecular weight excluding hydrogens is 326 g/mol. The van der Waals surface area contributed by atoms with Gasteiger partial charge in [-0.05, 0) is 63.4 Å². The first-order valence-electron chi connectivity index (χ1n) is 2.12. The van der Waals surface area contributed by atoms with Gasteiger partial charge in [-0.1, -0.05) is 6.07 Å². The molecule has 1 aromatic carbocycles. The summed E-state index contributed by atoms with van der Waals surface area (Å²) in [7, 11) is 0. The quantitative estimate of drug-likeness (QED) is 0.642. The van der Waals surface area contributed by atoms with Crippen LogP contribution in [0.3, 0.4) is 0 Å². The lowest BCUT2D eigenvalue weighted by Gasteiger charge is -1.89. The fourth-order valence-electron chi connectivity index (χ4n) is 0.391. The summed E-state index contributed by atoms with van der Waals surface area (Å²) in [6, 6.07) is 8.93. The Hall–Kier alpha value is 0.680. The third-order valence-corrected chi connectivity index (χ3v) is 3.63. The minimum absolute atomic E-state index is 1.27. The average molecular weight is 329 g/mol. The van der Waals surface area contributed by atoms with E-state index in [-0.39, 0.29) is 0 Å². The lowest BCUT2D eigenvalue weighted by Crippen LogP contribution is -1.73. The zero-order chi connectivity index (χ0) is 5.98. The van der Waals surface area contributed by atoms with E-state index in [4.69, 9.17) is 0 Å². The molecule has 0 saturated heterocycles. The Morgan fingerprint density at radius 1 is 1.25 bits per heavy atom. The molecule has 1 rings (SSSR count). The highest BCUT2D eigenvalue weighted by molar-refractivity contribution is 14.1. The summed E-state index contributed by atoms with van der Waals surface area (Å²) in [5, 5.41) is 0. The second-order valence-corrected chi connectivity index (χ2v) is 3.66. The summed E-state index contributed by atoms with van der Waals surface area (Å²) in [5.74, 6) is 0. The molecule has 0 amide bonds. The van der Waals surface area contributed by atoms with Gasteiger partial charge in [0.2, 0.25) is 0 Å². The van der Waals surface area contributed by atoms with Gasteiger partial charge in [0.05, 0.1) is 0 Å². The van der Waals surface area contributed by atoms with Gasteiger partial charge in [0, 0.05) is 7.14 Å². The molecule has 0 unspecified atom stereocenters. The molecule has 0 heterocycles. The molecule has 0 aliphatic carbocycles. The highest BCUT2D eigenvalue weighted by Gasteiger charge is 1.88. The van der Waals surface area contributed by atoms with E-state index in [0.717, 1.165) is 0 Å². The van der Waals surface area contributed by atoms with Crippen molar-refractivity contribution in [3.05, 3.63) is 31.4 Å². The topological polar surface area (TPSA) is 0 Å². The highest BCUT2D eigenvalue weighted by atomic mass is 127. The van der Waals surface area contributed by atoms with Crippen molar-refractivity contribution in [2.24, 2.45) is 0 Å². The lowest BCUT2D eigenvalue weighted by molar-refractivity contribution is 1.57. The van der Waals surface area contributed by atoms with Crippen molar-refractivity contribution in [2.75, 3.05) is 0 Å². The molecule has 0 saturated carbocycles. The van der Waals surface area contributed by atoms with Gasteiger partial charge in [-0.2, -0.15) is 0 Å². The number of halogens is 2. The van der Waals surface area contributed by atoms with Crippen LogP contribution in [0.15, 0.2) is 18.2 Å². The first-order valence-corrected chi connectivity index (χ1v) is 4.27. The summed E-state index contributed by atoms with van der Waals surface area (Å²) in [6.07, 6.45) is 0. The maximum atomic E-state index is 2.99. The van der Waals surface area contributed by atoms with Crippen molar-refractivity contribution in [3.8, 4) is 0 Å². The van der Waals surface area contributed by atoms with E-state index in [1.54, 1.807) is 0 Å². The number of hydrogen-bond acceptors (Lipinski definition) is 0. The van der Waals surface area contributed by atoms with Gasteiger partial charge in [-0.25, -0.2) is 0 Å². The van der Waals surface area contributed by atoms with Crippen LogP contribution in [-0.4, -0.2) is 0 Å². The van der Waals surface area contributed by atoms with Crippen molar-refractivity contribution in [3.63, 3.8) is 0 Å². The maximum Gasteiger partial charge on any atom is 0.0270 e. The standard InChI is InChI=1S/C6H3I2/c7-5-3-1-2-4-6(5)8/h1,3-4H. The maximum absolute atomic E-state index is 2.99. The molecule has 0 aliphatic rings. The van der Waals surface area contributed by atoms with Crippen LogP contribution in [0, 0.1) is 13.2 Å². The van der Waals surface area contributed by atoms with Crippen molar-refractivity contribution in [1.29, 1.82) is 0 Å². The number of rotatable bonds is 0. The minimum Gasteiger partial charge on any atom is -0.0533 e. The van der Waals surface area contributed by atoms with Crippen LogP contribution in [0.5, 0.6) is 0 Å². The van der Waals surface area contributed by atoms with Crippen molar-refractivity contribution in [2.45, 2.75) is 0 Å². The van der Waals surface area contributed by atoms with E-state index in [1.807, 2.05) is 18.2 Å². The summed E-state index contributed by atoms with van der Waals surface area (Å²) >= 11 is 4.58. The van der Waals surface area contributed by atoms with Crippen LogP contribution in [0.4, 0.5) is 0 Å². The van der Waals surface area contributed by atoms with E-state index in [1.165, 1.54) is 7.14 Å². The second-order valence-electron chi connectivity index (χ2n) is 1.34. The zero-order valence-corrected chi connectivity index (χ0v) is 8.30. The van der Waals surface area contributed by atoms with E-state index in [9.17, 15) is 0 Å². The largest absolute Gasteiger partial charge is 0.0533 e. The molecule has 0 N–H and O–H groups in total. The Balaban J connectivity index is 3.13. The van der Waals surface area contributed by atoms with Gasteiger partial charge in [0.1, 0.15) is 0 Å². The molecule has 41 valence electrons. The summed E-state index contributed by atoms with van der Waals surface area (Å²) < 4.78 is 2.56. The van der Waals surface area contributed by atoms with E-state index in [2.05, 4.69) is 51.2 Å². The average Bonchev–Trinajstić information content (AvgIpc) is 1.77. The van der Waals surface area contributed by atoms with Gasteiger partial charge < -0.3 is 0 Å². The van der Waals surface area contributed by atoms with Gasteiger partial charge in [-0.3, -0.25) is 0 Å². The normalized spacial score (nSPS) is 9.25. The van der Waals surface area contributed by atoms with Crippen molar-refractivity contribution in [1.82, 2.24) is 0 Å². The van der Waals surface area contributed by atoms with Gasteiger partial charge in [0.15, 0.2) is 0 Å². The second kappa shape index (κ2) is 3.00. The summed E-state index contributed by atoms with van der Waals surface area (Å²) in [6.45, 7) is 0. The molecule has 0 aliphatic heterocycles. The Morgan fingerprint density at radius 2 is 2.00 bits per heavy atom. The molecule has 0 bridgehead atoms. The first-order chi connectivity index (χ1) is 3.80. The Morgan fingerprint density at radius 3 is 2.38 bits per heavy atom. The molecule has 0 fully saturated rings. The number of hydrogen-bond donors (Lipinski definition) is 0. The Labute approximate surface area is 76.0 Å². The van der Waals surface area contributed by atoms with Crippen molar-refractivity contribution < 1.29 is 0 Å². The van der Waals surface area contributed by atoms with Gasteiger partial charge >= 0.3 is 0 Å². The summed E-state index contributed by atoms with van der Waals surface area (Å²) in [4.78, 5) is 0. The van der Waals surface area contributed by atoms with Crippen LogP contribution in [0.25, 0.3) is 0 Å². The first kappa shape index (κ1) is 6.80. The monoisotopic (exact) mass is 329 g/mol. The van der Waals surface area contributed by atoms with Gasteiger partial charge in [-0.15, -0.1) is 0 Å². The Bertz CT molecular complexity index is 163. The summed E-state index contributed by atoms with van der Waals surface area (Å²) in [5.41, 5.74) is 0. The molecule has 2 heteroatoms. The molecule has 1 aromatic rings. The predicted molar refractivity (Wildman–Crippen MR) is 50.7 cm³/mol. The molecule has 0 spiro atoms. The van der Waals surface area contributed by atoms with Crippen LogP contribution in [0.2, 0.25) is 0 Å². The molecule has 1 radical (unpaired) electrons. The van der Waals surface area contributed by atoms with E-state index >= 15 is 0 Å². The molecule has 8 heavy (non-hydrogen) atoms. The molecule has 0 aromatic heterocycles. The number of benzene rings is 1. The predicted octanol–water partition coefficient (Wildman–Crippen LogP) is 2.70. The van der Waals surface area contributed by atoms with E-state index in [0.29, 0.717) is 0 Å². The van der Waals surface area contributed by atoms with Crippen LogP contribution >= 0.6 is 45.2 Å². The van der Waals surface area contributed by atoms with E-state index < -0.39 is 0 Å². The SMILES string of the molecule is Ic1c[c]ccc1I. The fraction of sp³-hybridized carbons (Fsp3) is 0. The van der Waals surface area contributed by atoms with Crippen molar-refractivity contribution >= 4 is 45.2 Å². The lowest BCUT2D eigenvalue weighted by atomic mass is 10.4. The molecule has 0 nitrogen and oxygen atoms in total.